The van der Waals surface area contributed by atoms with Crippen molar-refractivity contribution in [3.63, 3.8) is 0 Å². The lowest BCUT2D eigenvalue weighted by atomic mass is 10.4. The standard InChI is InChI=1S/C7H8N2O3/c1-11-7(10)12-5-2-3-6(8)9-4-5/h2-4H,1H3,(H2,8,9). The lowest BCUT2D eigenvalue weighted by Gasteiger charge is -2.00. The van der Waals surface area contributed by atoms with Crippen molar-refractivity contribution in [1.29, 1.82) is 0 Å². The predicted molar refractivity (Wildman–Crippen MR) is 41.7 cm³/mol. The van der Waals surface area contributed by atoms with Gasteiger partial charge in [-0.1, -0.05) is 0 Å². The fraction of sp³-hybridized carbons (Fsp3) is 0.143. The number of carbonyl (C=O) groups excluding carboxylic acids is 1. The van der Waals surface area contributed by atoms with Crippen molar-refractivity contribution < 1.29 is 14.3 Å². The normalized spacial score (nSPS) is 9.08. The molecule has 0 fully saturated rings. The number of nitrogens with two attached hydrogens (primary N) is 1. The molecule has 0 aliphatic heterocycles. The summed E-state index contributed by atoms with van der Waals surface area (Å²) in [5, 5.41) is 0. The van der Waals surface area contributed by atoms with E-state index in [-0.39, 0.29) is 0 Å². The van der Waals surface area contributed by atoms with Crippen molar-refractivity contribution in [2.45, 2.75) is 0 Å². The van der Waals surface area contributed by atoms with Gasteiger partial charge in [-0.2, -0.15) is 0 Å². The highest BCUT2D eigenvalue weighted by Gasteiger charge is 2.02. The Morgan fingerprint density at radius 1 is 1.58 bits per heavy atom. The molecule has 1 rings (SSSR count). The highest BCUT2D eigenvalue weighted by atomic mass is 16.7. The first-order valence-electron chi connectivity index (χ1n) is 3.19. The lowest BCUT2D eigenvalue weighted by molar-refractivity contribution is 0.121. The lowest BCUT2D eigenvalue weighted by Crippen LogP contribution is -2.07. The molecule has 0 aliphatic rings. The zero-order valence-electron chi connectivity index (χ0n) is 6.48. The molecule has 0 atom stereocenters. The molecule has 0 spiro atoms. The van der Waals surface area contributed by atoms with Crippen LogP contribution in [0, 0.1) is 0 Å². The van der Waals surface area contributed by atoms with Gasteiger partial charge in [-0.05, 0) is 12.1 Å². The monoisotopic (exact) mass is 168 g/mol. The Labute approximate surface area is 69.1 Å². The summed E-state index contributed by atoms with van der Waals surface area (Å²) >= 11 is 0. The fourth-order valence-electron chi connectivity index (χ4n) is 0.590. The molecule has 0 saturated carbocycles. The minimum atomic E-state index is -0.776. The van der Waals surface area contributed by atoms with Crippen LogP contribution in [0.1, 0.15) is 0 Å². The predicted octanol–water partition coefficient (Wildman–Crippen LogP) is 0.809. The van der Waals surface area contributed by atoms with Crippen LogP contribution in [0.15, 0.2) is 18.3 Å². The summed E-state index contributed by atoms with van der Waals surface area (Å²) in [6.07, 6.45) is 0.563. The van der Waals surface area contributed by atoms with Gasteiger partial charge < -0.3 is 15.2 Å². The number of hydrogen-bond donors (Lipinski definition) is 1. The molecule has 1 aromatic heterocycles. The van der Waals surface area contributed by atoms with E-state index in [0.717, 1.165) is 0 Å². The molecular formula is C7H8N2O3. The average molecular weight is 168 g/mol. The highest BCUT2D eigenvalue weighted by Crippen LogP contribution is 2.09. The number of methoxy groups -OCH3 is 1. The van der Waals surface area contributed by atoms with E-state index in [4.69, 9.17) is 5.73 Å². The maximum Gasteiger partial charge on any atom is 0.513 e. The van der Waals surface area contributed by atoms with Crippen molar-refractivity contribution in [3.05, 3.63) is 18.3 Å². The van der Waals surface area contributed by atoms with Crippen LogP contribution in [0.3, 0.4) is 0 Å². The highest BCUT2D eigenvalue weighted by molar-refractivity contribution is 5.63. The first-order valence-corrected chi connectivity index (χ1v) is 3.19. The smallest absolute Gasteiger partial charge is 0.437 e. The second-order valence-corrected chi connectivity index (χ2v) is 1.97. The summed E-state index contributed by atoms with van der Waals surface area (Å²) in [6, 6.07) is 3.05. The molecule has 0 bridgehead atoms. The Morgan fingerprint density at radius 3 is 2.83 bits per heavy atom. The number of hydrogen-bond acceptors (Lipinski definition) is 5. The molecule has 5 heteroatoms. The number of nitrogens with zero attached hydrogens (tertiary/aromatic N) is 1. The Morgan fingerprint density at radius 2 is 2.33 bits per heavy atom. The fourth-order valence-corrected chi connectivity index (χ4v) is 0.590. The molecule has 12 heavy (non-hydrogen) atoms. The summed E-state index contributed by atoms with van der Waals surface area (Å²) < 4.78 is 8.90. The van der Waals surface area contributed by atoms with Crippen molar-refractivity contribution in [3.8, 4) is 5.75 Å². The third-order valence-electron chi connectivity index (χ3n) is 1.13. The van der Waals surface area contributed by atoms with Crippen LogP contribution in [0.5, 0.6) is 5.75 Å². The van der Waals surface area contributed by atoms with Crippen molar-refractivity contribution in [1.82, 2.24) is 4.98 Å². The van der Waals surface area contributed by atoms with E-state index in [2.05, 4.69) is 14.5 Å². The molecule has 2 N–H and O–H groups in total. The number of nitrogen functional groups attached to an aromatic ring is 1. The van der Waals surface area contributed by atoms with E-state index in [1.54, 1.807) is 0 Å². The number of pyridine rings is 1. The first-order chi connectivity index (χ1) is 5.72. The van der Waals surface area contributed by atoms with E-state index in [1.807, 2.05) is 0 Å². The van der Waals surface area contributed by atoms with Crippen LogP contribution >= 0.6 is 0 Å². The van der Waals surface area contributed by atoms with Crippen molar-refractivity contribution >= 4 is 12.0 Å². The molecule has 5 nitrogen and oxygen atoms in total. The minimum absolute atomic E-state index is 0.302. The quantitative estimate of drug-likeness (QED) is 0.628. The van der Waals surface area contributed by atoms with Gasteiger partial charge in [0.05, 0.1) is 13.3 Å². The van der Waals surface area contributed by atoms with E-state index in [0.29, 0.717) is 11.6 Å². The van der Waals surface area contributed by atoms with E-state index in [1.165, 1.54) is 25.4 Å². The van der Waals surface area contributed by atoms with Gasteiger partial charge in [0, 0.05) is 0 Å². The SMILES string of the molecule is COC(=O)Oc1ccc(N)nc1. The van der Waals surface area contributed by atoms with Crippen molar-refractivity contribution in [2.75, 3.05) is 12.8 Å². The van der Waals surface area contributed by atoms with Gasteiger partial charge in [0.25, 0.3) is 0 Å². The summed E-state index contributed by atoms with van der Waals surface area (Å²) in [5.74, 6) is 0.670. The van der Waals surface area contributed by atoms with Gasteiger partial charge in [0.15, 0.2) is 5.75 Å². The van der Waals surface area contributed by atoms with Gasteiger partial charge in [0.1, 0.15) is 5.82 Å². The minimum Gasteiger partial charge on any atom is -0.437 e. The molecular weight excluding hydrogens is 160 g/mol. The number of carbonyl (C=O) groups is 1. The number of rotatable bonds is 1. The molecule has 0 aliphatic carbocycles. The number of anilines is 1. The zero-order chi connectivity index (χ0) is 8.97. The van der Waals surface area contributed by atoms with Gasteiger partial charge in [-0.15, -0.1) is 0 Å². The van der Waals surface area contributed by atoms with Gasteiger partial charge >= 0.3 is 6.16 Å². The zero-order valence-corrected chi connectivity index (χ0v) is 6.48. The molecule has 0 aromatic carbocycles. The maximum atomic E-state index is 10.6. The van der Waals surface area contributed by atoms with Gasteiger partial charge in [-0.3, -0.25) is 0 Å². The van der Waals surface area contributed by atoms with Crippen molar-refractivity contribution in [2.24, 2.45) is 0 Å². The number of ether oxygens (including phenoxy) is 2. The second-order valence-electron chi connectivity index (χ2n) is 1.97. The van der Waals surface area contributed by atoms with Gasteiger partial charge in [0.2, 0.25) is 0 Å². The molecule has 0 radical (unpaired) electrons. The van der Waals surface area contributed by atoms with Gasteiger partial charge in [-0.25, -0.2) is 9.78 Å². The topological polar surface area (TPSA) is 74.4 Å². The summed E-state index contributed by atoms with van der Waals surface area (Å²) in [4.78, 5) is 14.3. The number of aromatic nitrogens is 1. The summed E-state index contributed by atoms with van der Waals surface area (Å²) in [5.41, 5.74) is 5.31. The van der Waals surface area contributed by atoms with Crippen LogP contribution in [0.25, 0.3) is 0 Å². The molecule has 64 valence electrons. The second kappa shape index (κ2) is 3.56. The largest absolute Gasteiger partial charge is 0.513 e. The Hall–Kier alpha value is -1.78. The first kappa shape index (κ1) is 8.32. The van der Waals surface area contributed by atoms with Crippen LogP contribution in [-0.4, -0.2) is 18.2 Å². The van der Waals surface area contributed by atoms with E-state index >= 15 is 0 Å². The average Bonchev–Trinajstić information content (AvgIpc) is 2.09. The molecule has 0 amide bonds. The summed E-state index contributed by atoms with van der Waals surface area (Å²) in [7, 11) is 1.23. The maximum absolute atomic E-state index is 10.6. The van der Waals surface area contributed by atoms with Crippen LogP contribution in [0.4, 0.5) is 10.6 Å². The molecule has 1 heterocycles. The molecule has 1 aromatic rings. The molecule has 0 unspecified atom stereocenters. The van der Waals surface area contributed by atoms with Crippen LogP contribution < -0.4 is 10.5 Å². The van der Waals surface area contributed by atoms with E-state index < -0.39 is 6.16 Å². The summed E-state index contributed by atoms with van der Waals surface area (Å²) in [6.45, 7) is 0. The Kier molecular flexibility index (Phi) is 2.47. The van der Waals surface area contributed by atoms with E-state index in [9.17, 15) is 4.79 Å². The molecule has 0 saturated heterocycles. The Balaban J connectivity index is 2.64. The Bertz CT molecular complexity index is 270. The van der Waals surface area contributed by atoms with Crippen LogP contribution in [0.2, 0.25) is 0 Å². The third kappa shape index (κ3) is 2.12. The third-order valence-corrected chi connectivity index (χ3v) is 1.13. The van der Waals surface area contributed by atoms with Crippen LogP contribution in [-0.2, 0) is 4.74 Å².